The van der Waals surface area contributed by atoms with E-state index in [0.717, 1.165) is 0 Å². The van der Waals surface area contributed by atoms with E-state index in [1.165, 1.54) is 0 Å². The van der Waals surface area contributed by atoms with Crippen LogP contribution in [-0.4, -0.2) is 34.5 Å². The minimum Gasteiger partial charge on any atom is -0.999 e. The number of carbonyl (C=O) groups excluding carboxylic acids is 2. The molecule has 0 bridgehead atoms. The first-order valence-electron chi connectivity index (χ1n) is 5.20. The zero-order valence-electron chi connectivity index (χ0n) is 11.7. The second-order valence-corrected chi connectivity index (χ2v) is 3.02. The molecule has 4 nitrogen and oxygen atoms in total. The predicted molar refractivity (Wildman–Crippen MR) is 64.1 cm³/mol. The van der Waals surface area contributed by atoms with Gasteiger partial charge in [0.05, 0.1) is 9.59 Å². The van der Waals surface area contributed by atoms with Crippen molar-refractivity contribution in [3.8, 4) is 0 Å². The molecule has 2 rings (SSSR count). The molecule has 2 aromatic carbocycles. The normalized spacial score (nSPS) is 9.52. The maximum atomic E-state index is 10.6. The summed E-state index contributed by atoms with van der Waals surface area (Å²) in [5.41, 5.74) is 0. The second-order valence-electron chi connectivity index (χ2n) is 3.02. The average molecular weight is 443 g/mol. The van der Waals surface area contributed by atoms with Crippen molar-refractivity contribution in [1.29, 1.82) is 0 Å². The van der Waals surface area contributed by atoms with Crippen molar-refractivity contribution in [2.45, 2.75) is 12.4 Å². The van der Waals surface area contributed by atoms with Crippen LogP contribution in [0.5, 0.6) is 0 Å². The molecule has 0 unspecified atom stereocenters. The van der Waals surface area contributed by atoms with Gasteiger partial charge in [0.15, 0.2) is 0 Å². The summed E-state index contributed by atoms with van der Waals surface area (Å²) < 4.78 is 63.8. The number of hydrogen-bond donors (Lipinski definition) is 0. The second kappa shape index (κ2) is 14.4. The summed E-state index contributed by atoms with van der Waals surface area (Å²) in [5.74, 6) is -5.01. The minimum atomic E-state index is -4.97. The molecule has 0 saturated carbocycles. The van der Waals surface area contributed by atoms with Crippen molar-refractivity contribution < 1.29 is 72.3 Å². The summed E-state index contributed by atoms with van der Waals surface area (Å²) in [5, 5.41) is 10.9. The Labute approximate surface area is 157 Å². The van der Waals surface area contributed by atoms with E-state index in [1.807, 2.05) is 0 Å². The van der Waals surface area contributed by atoms with Crippen molar-refractivity contribution in [1.82, 2.24) is 0 Å². The third-order valence-corrected chi connectivity index (χ3v) is 1.22. The van der Waals surface area contributed by atoms with Crippen LogP contribution in [0, 0.1) is 48.5 Å². The molecule has 140 valence electrons. The van der Waals surface area contributed by atoms with E-state index in [0.29, 0.717) is 0 Å². The van der Waals surface area contributed by atoms with E-state index in [4.69, 9.17) is 19.8 Å². The molecule has 0 aliphatic heterocycles. The Morgan fingerprint density at radius 1 is 0.640 bits per heavy atom. The maximum Gasteiger partial charge on any atom is 0.623 e. The fourth-order valence-corrected chi connectivity index (χ4v) is 0.361. The van der Waals surface area contributed by atoms with E-state index in [9.17, 15) is 26.3 Å². The molecule has 11 heteroatoms. The zero-order chi connectivity index (χ0) is 19.2. The summed E-state index contributed by atoms with van der Waals surface area (Å²) in [7, 11) is 0. The smallest absolute Gasteiger partial charge is 0.623 e. The Morgan fingerprint density at radius 3 is 0.840 bits per heavy atom. The number of alkyl halides is 6. The van der Waals surface area contributed by atoms with Crippen LogP contribution in [0.2, 0.25) is 0 Å². The van der Waals surface area contributed by atoms with Crippen LogP contribution in [0.15, 0.2) is 12.1 Å². The molecule has 4 N–H and O–H groups in total. The van der Waals surface area contributed by atoms with Crippen LogP contribution < -0.4 is 0 Å². The summed E-state index contributed by atoms with van der Waals surface area (Å²) in [6.07, 6.45) is -9.94. The van der Waals surface area contributed by atoms with Gasteiger partial charge >= 0.3 is 24.3 Å². The van der Waals surface area contributed by atoms with E-state index in [1.54, 1.807) is 12.1 Å². The monoisotopic (exact) mass is 442 g/mol. The molecular formula is C14H6F6O4Zr-8. The molecule has 2 aromatic rings. The van der Waals surface area contributed by atoms with E-state index in [-0.39, 0.29) is 26.2 Å². The topological polar surface area (TPSA) is 79.9 Å². The van der Waals surface area contributed by atoms with Crippen LogP contribution in [0.4, 0.5) is 26.3 Å². The number of hydrogen-bond acceptors (Lipinski definition) is 2. The fraction of sp³-hybridized carbons (Fsp3) is 0.143. The van der Waals surface area contributed by atoms with Crippen LogP contribution in [0.3, 0.4) is 0 Å². The predicted octanol–water partition coefficient (Wildman–Crippen LogP) is 0.810. The zero-order valence-corrected chi connectivity index (χ0v) is 14.2. The fourth-order valence-electron chi connectivity index (χ4n) is 0.361. The summed E-state index contributed by atoms with van der Waals surface area (Å²) in [6.45, 7) is 0. The van der Waals surface area contributed by atoms with Gasteiger partial charge in [-0.25, -0.2) is 0 Å². The van der Waals surface area contributed by atoms with Crippen molar-refractivity contribution in [3.05, 3.63) is 60.7 Å². The van der Waals surface area contributed by atoms with Gasteiger partial charge in [0.2, 0.25) is 0 Å². The Morgan fingerprint density at radius 2 is 0.800 bits per heavy atom. The molecule has 0 atom stereocenters. The van der Waals surface area contributed by atoms with Crippen molar-refractivity contribution >= 4 is 11.9 Å². The van der Waals surface area contributed by atoms with Gasteiger partial charge in [0.25, 0.3) is 0 Å². The average Bonchev–Trinajstić information content (AvgIpc) is 3.16. The molecule has 25 heavy (non-hydrogen) atoms. The molecule has 0 heterocycles. The van der Waals surface area contributed by atoms with Gasteiger partial charge in [-0.15, -0.1) is 0 Å². The Balaban J connectivity index is -0.000000257. The molecule has 0 spiro atoms. The van der Waals surface area contributed by atoms with E-state index in [2.05, 4.69) is 48.5 Å². The van der Waals surface area contributed by atoms with Gasteiger partial charge in [-0.2, -0.15) is 26.3 Å². The molecule has 0 amide bonds. The third kappa shape index (κ3) is 22.1. The van der Waals surface area contributed by atoms with Crippen molar-refractivity contribution in [3.63, 3.8) is 0 Å². The maximum absolute atomic E-state index is 10.6. The van der Waals surface area contributed by atoms with Gasteiger partial charge in [-0.1, -0.05) is 0 Å². The molecule has 0 aromatic heterocycles. The number of carbonyl (C=O) groups is 2. The largest absolute Gasteiger partial charge is 0.999 e. The van der Waals surface area contributed by atoms with Crippen LogP contribution >= 0.6 is 0 Å². The van der Waals surface area contributed by atoms with Gasteiger partial charge in [0.1, 0.15) is 0 Å². The third-order valence-electron chi connectivity index (χ3n) is 1.22. The Hall–Kier alpha value is -1.90. The van der Waals surface area contributed by atoms with Crippen molar-refractivity contribution in [2.75, 3.05) is 0 Å². The van der Waals surface area contributed by atoms with E-state index >= 15 is 0 Å². The first-order valence-corrected chi connectivity index (χ1v) is 5.20. The van der Waals surface area contributed by atoms with E-state index < -0.39 is 24.3 Å². The van der Waals surface area contributed by atoms with Crippen LogP contribution in [-0.2, 0) is 35.8 Å². The molecule has 0 saturated heterocycles. The molecule has 0 aliphatic carbocycles. The molecule has 0 radical (unpaired) electrons. The van der Waals surface area contributed by atoms with Gasteiger partial charge < -0.3 is 70.9 Å². The van der Waals surface area contributed by atoms with Gasteiger partial charge in [0, 0.05) is 26.2 Å². The summed E-state index contributed by atoms with van der Waals surface area (Å²) in [6, 6.07) is 24.0. The van der Waals surface area contributed by atoms with Crippen LogP contribution in [0.25, 0.3) is 0 Å². The standard InChI is InChI=1S/2C5H.2C2HF3O2.Zr/c2*1-2-4-5-3-1;2*3-2(4,5)1(6)7;/h2*1H;2*(H,6,7);/q2*-5;;;/p+2. The Bertz CT molecular complexity index is 448. The van der Waals surface area contributed by atoms with Gasteiger partial charge in [-0.05, 0) is 0 Å². The summed E-state index contributed by atoms with van der Waals surface area (Å²) in [4.78, 5) is 18.0. The first kappa shape index (κ1) is 27.9. The molecular weight excluding hydrogens is 437 g/mol. The quantitative estimate of drug-likeness (QED) is 0.343. The summed E-state index contributed by atoms with van der Waals surface area (Å²) >= 11 is 0. The molecule has 0 aliphatic rings. The van der Waals surface area contributed by atoms with Gasteiger partial charge in [-0.3, -0.25) is 0 Å². The van der Waals surface area contributed by atoms with Crippen LogP contribution in [0.1, 0.15) is 0 Å². The van der Waals surface area contributed by atoms with Crippen molar-refractivity contribution in [2.24, 2.45) is 0 Å². The first-order chi connectivity index (χ1) is 10.9. The minimum absolute atomic E-state index is 0. The Kier molecular flexibility index (Phi) is 16.1. The number of halogens is 6. The molecule has 0 fully saturated rings. The number of rotatable bonds is 0. The SMILES string of the molecule is O=C([OH2+])C(F)(F)F.O=C([OH2+])C(F)(F)F.[Zr].[c-]1[c-][c-][cH-][c-]1.[c-]1[c-][c-][cH-][c-]1.